The summed E-state index contributed by atoms with van der Waals surface area (Å²) in [4.78, 5) is 19.4. The minimum Gasteiger partial charge on any atom is -0.469 e. The number of aromatic nitrogens is 2. The molecule has 1 N–H and O–H groups in total. The third kappa shape index (κ3) is 6.19. The number of esters is 1. The zero-order valence-corrected chi connectivity index (χ0v) is 21.1. The van der Waals surface area contributed by atoms with Crippen LogP contribution in [0.25, 0.3) is 0 Å². The number of unbranched alkanes of at least 4 members (excludes halogenated alkanes) is 1. The van der Waals surface area contributed by atoms with Gasteiger partial charge in [-0.3, -0.25) is 4.79 Å². The molecule has 0 radical (unpaired) electrons. The Hall–Kier alpha value is -2.83. The van der Waals surface area contributed by atoms with Crippen LogP contribution in [0.15, 0.2) is 54.7 Å². The fourth-order valence-electron chi connectivity index (χ4n) is 4.04. The molecule has 6 nitrogen and oxygen atoms in total. The predicted octanol–water partition coefficient (Wildman–Crippen LogP) is 5.06. The van der Waals surface area contributed by atoms with Crippen molar-refractivity contribution in [2.75, 3.05) is 26.1 Å². The van der Waals surface area contributed by atoms with Crippen molar-refractivity contribution in [3.8, 4) is 0 Å². The summed E-state index contributed by atoms with van der Waals surface area (Å²) in [6.07, 6.45) is 3.74. The lowest BCUT2D eigenvalue weighted by molar-refractivity contribution is -0.149. The van der Waals surface area contributed by atoms with Crippen molar-refractivity contribution in [2.24, 2.45) is 5.92 Å². The molecule has 2 aromatic carbocycles. The Morgan fingerprint density at radius 2 is 1.88 bits per heavy atom. The molecule has 182 valence electrons. The van der Waals surface area contributed by atoms with Crippen molar-refractivity contribution in [3.63, 3.8) is 0 Å². The number of aliphatic hydroxyl groups is 1. The molecule has 7 heteroatoms. The molecule has 2 atom stereocenters. The van der Waals surface area contributed by atoms with E-state index in [2.05, 4.69) is 11.9 Å². The zero-order chi connectivity index (χ0) is 24.7. The number of aliphatic hydroxyl groups excluding tert-OH is 1. The highest BCUT2D eigenvalue weighted by Gasteiger charge is 2.32. The van der Waals surface area contributed by atoms with E-state index >= 15 is 0 Å². The second-order valence-electron chi connectivity index (χ2n) is 8.72. The number of ether oxygens (including phenoxy) is 1. The summed E-state index contributed by atoms with van der Waals surface area (Å²) in [5.74, 6) is -0.351. The van der Waals surface area contributed by atoms with E-state index in [-0.39, 0.29) is 0 Å². The van der Waals surface area contributed by atoms with Gasteiger partial charge in [0.15, 0.2) is 0 Å². The minimum absolute atomic E-state index is 0.350. The Balaban J connectivity index is 1.94. The summed E-state index contributed by atoms with van der Waals surface area (Å²) >= 11 is 6.43. The number of carbonyl (C=O) groups is 1. The lowest BCUT2D eigenvalue weighted by Crippen LogP contribution is -2.28. The van der Waals surface area contributed by atoms with Crippen LogP contribution in [-0.2, 0) is 28.9 Å². The van der Waals surface area contributed by atoms with Gasteiger partial charge in [-0.25, -0.2) is 4.98 Å². The van der Waals surface area contributed by atoms with Crippen molar-refractivity contribution >= 4 is 23.3 Å². The highest BCUT2D eigenvalue weighted by atomic mass is 35.5. The maximum Gasteiger partial charge on any atom is 0.312 e. The van der Waals surface area contributed by atoms with E-state index in [9.17, 15) is 9.90 Å². The molecule has 0 aliphatic rings. The molecule has 34 heavy (non-hydrogen) atoms. The number of imidazole rings is 1. The monoisotopic (exact) mass is 483 g/mol. The molecule has 0 fully saturated rings. The van der Waals surface area contributed by atoms with Crippen LogP contribution in [-0.4, -0.2) is 41.8 Å². The van der Waals surface area contributed by atoms with Gasteiger partial charge in [-0.15, -0.1) is 0 Å². The molecule has 0 aliphatic heterocycles. The van der Waals surface area contributed by atoms with Crippen LogP contribution in [0, 0.1) is 5.92 Å². The molecule has 0 spiro atoms. The average Bonchev–Trinajstić information content (AvgIpc) is 3.24. The van der Waals surface area contributed by atoms with Crippen LogP contribution >= 0.6 is 11.6 Å². The highest BCUT2D eigenvalue weighted by Crippen LogP contribution is 2.30. The molecule has 0 saturated carbocycles. The number of methoxy groups -OCH3 is 1. The summed E-state index contributed by atoms with van der Waals surface area (Å²) in [6.45, 7) is 2.60. The first-order valence-corrected chi connectivity index (χ1v) is 12.0. The molecule has 2 unspecified atom stereocenters. The number of halogens is 1. The van der Waals surface area contributed by atoms with Crippen molar-refractivity contribution in [3.05, 3.63) is 82.4 Å². The van der Waals surface area contributed by atoms with Gasteiger partial charge in [0, 0.05) is 31.2 Å². The second kappa shape index (κ2) is 12.0. The number of nitrogens with zero attached hydrogens (tertiary/aromatic N) is 3. The van der Waals surface area contributed by atoms with Crippen LogP contribution in [0.5, 0.6) is 0 Å². The number of rotatable bonds is 11. The first-order valence-electron chi connectivity index (χ1n) is 11.7. The van der Waals surface area contributed by atoms with Gasteiger partial charge in [0.1, 0.15) is 11.9 Å². The fourth-order valence-corrected chi connectivity index (χ4v) is 4.24. The Morgan fingerprint density at radius 3 is 2.50 bits per heavy atom. The van der Waals surface area contributed by atoms with Crippen LogP contribution < -0.4 is 4.90 Å². The van der Waals surface area contributed by atoms with Gasteiger partial charge < -0.3 is 19.3 Å². The largest absolute Gasteiger partial charge is 0.469 e. The summed E-state index contributed by atoms with van der Waals surface area (Å²) < 4.78 is 7.07. The number of carbonyl (C=O) groups excluding carboxylic acids is 1. The van der Waals surface area contributed by atoms with E-state index in [4.69, 9.17) is 16.3 Å². The quantitative estimate of drug-likeness (QED) is 0.386. The molecular weight excluding hydrogens is 450 g/mol. The number of hydrogen-bond donors (Lipinski definition) is 1. The fraction of sp³-hybridized carbons (Fsp3) is 0.407. The maximum absolute atomic E-state index is 12.8. The van der Waals surface area contributed by atoms with Gasteiger partial charge in [-0.05, 0) is 42.2 Å². The van der Waals surface area contributed by atoms with Gasteiger partial charge in [-0.2, -0.15) is 0 Å². The average molecular weight is 484 g/mol. The van der Waals surface area contributed by atoms with E-state index in [1.165, 1.54) is 7.11 Å². The number of hydrogen-bond acceptors (Lipinski definition) is 5. The summed E-state index contributed by atoms with van der Waals surface area (Å²) in [6, 6.07) is 15.6. The summed E-state index contributed by atoms with van der Waals surface area (Å²) in [7, 11) is 5.31. The van der Waals surface area contributed by atoms with Crippen LogP contribution in [0.1, 0.15) is 48.5 Å². The molecule has 0 bridgehead atoms. The van der Waals surface area contributed by atoms with Gasteiger partial charge >= 0.3 is 5.97 Å². The van der Waals surface area contributed by atoms with Crippen molar-refractivity contribution in [2.45, 2.75) is 45.3 Å². The third-order valence-electron chi connectivity index (χ3n) is 6.11. The van der Waals surface area contributed by atoms with Crippen LogP contribution in [0.3, 0.4) is 0 Å². The predicted molar refractivity (Wildman–Crippen MR) is 136 cm³/mol. The molecule has 0 aliphatic carbocycles. The third-order valence-corrected chi connectivity index (χ3v) is 6.47. The molecule has 3 aromatic rings. The van der Waals surface area contributed by atoms with Crippen LogP contribution in [0.2, 0.25) is 5.02 Å². The summed E-state index contributed by atoms with van der Waals surface area (Å²) in [5.41, 5.74) is 3.54. The van der Waals surface area contributed by atoms with Gasteiger partial charge in [-0.1, -0.05) is 55.3 Å². The van der Waals surface area contributed by atoms with Gasteiger partial charge in [0.2, 0.25) is 0 Å². The standard InChI is InChI=1S/C27H34ClN3O3/c1-5-6-11-25-29-17-24(31(25)18-20-9-7-8-10-23(20)28)26(32)22(27(33)34-4)16-19-12-14-21(15-13-19)30(2)3/h7-10,12-15,17,22,26,32H,5-6,11,16,18H2,1-4H3. The van der Waals surface area contributed by atoms with E-state index < -0.39 is 18.0 Å². The Labute approximate surface area is 207 Å². The van der Waals surface area contributed by atoms with E-state index in [0.717, 1.165) is 41.9 Å². The number of anilines is 1. The molecule has 1 aromatic heterocycles. The number of benzene rings is 2. The first kappa shape index (κ1) is 25.8. The topological polar surface area (TPSA) is 67.6 Å². The van der Waals surface area contributed by atoms with E-state index in [0.29, 0.717) is 23.7 Å². The van der Waals surface area contributed by atoms with Crippen molar-refractivity contribution in [1.29, 1.82) is 0 Å². The Kier molecular flexibility index (Phi) is 9.13. The lowest BCUT2D eigenvalue weighted by Gasteiger charge is -2.23. The van der Waals surface area contributed by atoms with E-state index in [1.807, 2.05) is 72.1 Å². The van der Waals surface area contributed by atoms with Gasteiger partial charge in [0.05, 0.1) is 31.5 Å². The zero-order valence-electron chi connectivity index (χ0n) is 20.4. The second-order valence-corrected chi connectivity index (χ2v) is 9.13. The molecule has 3 rings (SSSR count). The molecule has 1 heterocycles. The number of aryl methyl sites for hydroxylation is 1. The first-order chi connectivity index (χ1) is 16.3. The van der Waals surface area contributed by atoms with Gasteiger partial charge in [0.25, 0.3) is 0 Å². The smallest absolute Gasteiger partial charge is 0.312 e. The maximum atomic E-state index is 12.8. The summed E-state index contributed by atoms with van der Waals surface area (Å²) in [5, 5.41) is 12.1. The molecule has 0 amide bonds. The molecule has 0 saturated heterocycles. The van der Waals surface area contributed by atoms with Crippen LogP contribution in [0.4, 0.5) is 5.69 Å². The SMILES string of the molecule is CCCCc1ncc(C(O)C(Cc2ccc(N(C)C)cc2)C(=O)OC)n1Cc1ccccc1Cl. The lowest BCUT2D eigenvalue weighted by atomic mass is 9.92. The van der Waals surface area contributed by atoms with Crippen molar-refractivity contribution in [1.82, 2.24) is 9.55 Å². The van der Waals surface area contributed by atoms with Crippen molar-refractivity contribution < 1.29 is 14.6 Å². The normalized spacial score (nSPS) is 12.9. The highest BCUT2D eigenvalue weighted by molar-refractivity contribution is 6.31. The van der Waals surface area contributed by atoms with E-state index in [1.54, 1.807) is 6.20 Å². The Morgan fingerprint density at radius 1 is 1.18 bits per heavy atom. The molecular formula is C27H34ClN3O3. The Bertz CT molecular complexity index is 1080. The minimum atomic E-state index is -1.08.